The number of carbonyl (C=O) groups excluding carboxylic acids is 1. The molecule has 3 aromatic carbocycles. The monoisotopic (exact) mass is 505 g/mol. The van der Waals surface area contributed by atoms with Gasteiger partial charge in [-0.1, -0.05) is 66.2 Å². The Labute approximate surface area is 217 Å². The molecule has 0 saturated carbocycles. The lowest BCUT2D eigenvalue weighted by molar-refractivity contribution is -0.144. The number of ether oxygens (including phenoxy) is 1. The lowest BCUT2D eigenvalue weighted by Crippen LogP contribution is -2.36. The predicted octanol–water partition coefficient (Wildman–Crippen LogP) is 5.75. The molecule has 0 aliphatic carbocycles. The fraction of sp³-hybridized carbons (Fsp3) is 0.333. The van der Waals surface area contributed by atoms with Crippen molar-refractivity contribution in [2.75, 3.05) is 13.1 Å². The van der Waals surface area contributed by atoms with Crippen molar-refractivity contribution in [2.24, 2.45) is 0 Å². The Bertz CT molecular complexity index is 1200. The van der Waals surface area contributed by atoms with E-state index < -0.39 is 5.97 Å². The van der Waals surface area contributed by atoms with E-state index in [1.54, 1.807) is 0 Å². The van der Waals surface area contributed by atoms with Gasteiger partial charge < -0.3 is 14.7 Å². The molecule has 1 amide bonds. The number of carboxylic acid groups (broad SMARTS) is 1. The number of halogens is 1. The summed E-state index contributed by atoms with van der Waals surface area (Å²) in [5, 5.41) is 9.98. The van der Waals surface area contributed by atoms with Gasteiger partial charge in [-0.3, -0.25) is 9.59 Å². The number of fused-ring (bicyclic) bond motifs is 1. The van der Waals surface area contributed by atoms with Crippen LogP contribution in [0, 0.1) is 0 Å². The normalized spacial score (nSPS) is 16.3. The molecule has 1 N–H and O–H groups in total. The minimum Gasteiger partial charge on any atom is -0.487 e. The predicted molar refractivity (Wildman–Crippen MR) is 142 cm³/mol. The van der Waals surface area contributed by atoms with Crippen molar-refractivity contribution in [2.45, 2.75) is 51.0 Å². The first kappa shape index (κ1) is 25.8. The Balaban J connectivity index is 1.31. The number of hydrogen-bond donors (Lipinski definition) is 1. The molecule has 6 heteroatoms. The number of hydrogen-bond acceptors (Lipinski definition) is 3. The molecule has 3 aromatic rings. The van der Waals surface area contributed by atoms with Gasteiger partial charge in [-0.2, -0.15) is 0 Å². The number of benzene rings is 3. The smallest absolute Gasteiger partial charge is 0.323 e. The maximum atomic E-state index is 12.9. The maximum absolute atomic E-state index is 12.9. The lowest BCUT2D eigenvalue weighted by atomic mass is 9.91. The third-order valence-corrected chi connectivity index (χ3v) is 6.83. The summed E-state index contributed by atoms with van der Waals surface area (Å²) in [4.78, 5) is 25.7. The van der Waals surface area contributed by atoms with Crippen molar-refractivity contribution in [1.29, 1.82) is 0 Å². The molecule has 0 aromatic heterocycles. The van der Waals surface area contributed by atoms with Crippen LogP contribution >= 0.6 is 11.6 Å². The molecule has 0 bridgehead atoms. The second kappa shape index (κ2) is 11.6. The summed E-state index contributed by atoms with van der Waals surface area (Å²) in [6.07, 6.45) is 3.93. The third kappa shape index (κ3) is 7.11. The first-order chi connectivity index (χ1) is 17.3. The zero-order valence-corrected chi connectivity index (χ0v) is 21.3. The number of carboxylic acids is 1. The quantitative estimate of drug-likeness (QED) is 0.360. The zero-order chi connectivity index (χ0) is 25.5. The largest absolute Gasteiger partial charge is 0.487 e. The molecule has 0 saturated heterocycles. The average Bonchev–Trinajstić information content (AvgIpc) is 3.18. The van der Waals surface area contributed by atoms with Gasteiger partial charge in [-0.05, 0) is 66.6 Å². The Kier molecular flexibility index (Phi) is 8.32. The molecular weight excluding hydrogens is 474 g/mol. The number of carbonyl (C=O) groups is 2. The summed E-state index contributed by atoms with van der Waals surface area (Å²) in [6, 6.07) is 24.0. The molecule has 0 fully saturated rings. The van der Waals surface area contributed by atoms with Crippen LogP contribution in [0.4, 0.5) is 0 Å². The zero-order valence-electron chi connectivity index (χ0n) is 20.6. The van der Waals surface area contributed by atoms with Crippen LogP contribution in [0.5, 0.6) is 5.75 Å². The molecular formula is C30H32ClNO4. The molecule has 1 atom stereocenters. The fourth-order valence-corrected chi connectivity index (χ4v) is 4.97. The van der Waals surface area contributed by atoms with Crippen molar-refractivity contribution in [3.05, 3.63) is 100 Å². The van der Waals surface area contributed by atoms with Gasteiger partial charge in [0.25, 0.3) is 0 Å². The number of amides is 1. The van der Waals surface area contributed by atoms with Crippen molar-refractivity contribution >= 4 is 23.5 Å². The van der Waals surface area contributed by atoms with Gasteiger partial charge in [0, 0.05) is 30.8 Å². The third-order valence-electron chi connectivity index (χ3n) is 6.58. The summed E-state index contributed by atoms with van der Waals surface area (Å²) in [7, 11) is 0. The van der Waals surface area contributed by atoms with E-state index in [-0.39, 0.29) is 24.5 Å². The van der Waals surface area contributed by atoms with Gasteiger partial charge in [-0.25, -0.2) is 0 Å². The Morgan fingerprint density at radius 1 is 0.972 bits per heavy atom. The van der Waals surface area contributed by atoms with Gasteiger partial charge in [0.15, 0.2) is 0 Å². The van der Waals surface area contributed by atoms with Crippen molar-refractivity contribution in [3.63, 3.8) is 0 Å². The van der Waals surface area contributed by atoms with Crippen molar-refractivity contribution in [1.82, 2.24) is 4.90 Å². The summed E-state index contributed by atoms with van der Waals surface area (Å²) in [5.74, 6) is -0.236. The van der Waals surface area contributed by atoms with Gasteiger partial charge in [0.2, 0.25) is 5.91 Å². The first-order valence-electron chi connectivity index (χ1n) is 12.4. The SMILES string of the molecule is C[C@@]1(Cc2ccccc2)Cc2cc(CCC(=O)N(CCCc3ccc(Cl)cc3)CC(=O)O)ccc2O1. The van der Waals surface area contributed by atoms with Crippen LogP contribution in [-0.4, -0.2) is 40.6 Å². The lowest BCUT2D eigenvalue weighted by Gasteiger charge is -2.24. The Morgan fingerprint density at radius 2 is 1.69 bits per heavy atom. The second-order valence-electron chi connectivity index (χ2n) is 9.77. The number of aryl methyl sites for hydroxylation is 2. The fourth-order valence-electron chi connectivity index (χ4n) is 4.85. The maximum Gasteiger partial charge on any atom is 0.323 e. The van der Waals surface area contributed by atoms with E-state index >= 15 is 0 Å². The summed E-state index contributed by atoms with van der Waals surface area (Å²) in [6.45, 7) is 2.26. The highest BCUT2D eigenvalue weighted by molar-refractivity contribution is 6.30. The summed E-state index contributed by atoms with van der Waals surface area (Å²) in [5.41, 5.74) is 4.28. The van der Waals surface area contributed by atoms with Crippen LogP contribution in [0.25, 0.3) is 0 Å². The molecule has 1 heterocycles. The van der Waals surface area contributed by atoms with E-state index in [1.165, 1.54) is 10.5 Å². The highest BCUT2D eigenvalue weighted by Crippen LogP contribution is 2.37. The number of rotatable bonds is 11. The Morgan fingerprint density at radius 3 is 2.42 bits per heavy atom. The summed E-state index contributed by atoms with van der Waals surface area (Å²) < 4.78 is 6.30. The van der Waals surface area contributed by atoms with Gasteiger partial charge in [0.05, 0.1) is 0 Å². The number of nitrogens with zero attached hydrogens (tertiary/aromatic N) is 1. The van der Waals surface area contributed by atoms with Crippen LogP contribution in [0.3, 0.4) is 0 Å². The van der Waals surface area contributed by atoms with E-state index in [2.05, 4.69) is 25.1 Å². The highest BCUT2D eigenvalue weighted by Gasteiger charge is 2.35. The Hall–Kier alpha value is -3.31. The van der Waals surface area contributed by atoms with Crippen LogP contribution in [0.15, 0.2) is 72.8 Å². The average molecular weight is 506 g/mol. The molecule has 0 spiro atoms. The molecule has 0 radical (unpaired) electrons. The molecule has 36 heavy (non-hydrogen) atoms. The molecule has 1 aliphatic heterocycles. The molecule has 1 aliphatic rings. The molecule has 5 nitrogen and oxygen atoms in total. The molecule has 188 valence electrons. The van der Waals surface area contributed by atoms with E-state index in [4.69, 9.17) is 16.3 Å². The van der Waals surface area contributed by atoms with E-state index in [0.717, 1.165) is 41.7 Å². The van der Waals surface area contributed by atoms with Gasteiger partial charge in [-0.15, -0.1) is 0 Å². The van der Waals surface area contributed by atoms with Gasteiger partial charge in [0.1, 0.15) is 17.9 Å². The highest BCUT2D eigenvalue weighted by atomic mass is 35.5. The minimum atomic E-state index is -0.998. The van der Waals surface area contributed by atoms with Gasteiger partial charge >= 0.3 is 5.97 Å². The van der Waals surface area contributed by atoms with Crippen molar-refractivity contribution < 1.29 is 19.4 Å². The molecule has 0 unspecified atom stereocenters. The van der Waals surface area contributed by atoms with Crippen LogP contribution in [0.2, 0.25) is 5.02 Å². The topological polar surface area (TPSA) is 66.8 Å². The van der Waals surface area contributed by atoms with E-state index in [9.17, 15) is 14.7 Å². The molecule has 4 rings (SSSR count). The standard InChI is InChI=1S/C30H32ClNO4/c1-30(19-24-6-3-2-4-7-24)20-25-18-23(11-15-27(25)36-30)12-16-28(33)32(21-29(34)35)17-5-8-22-9-13-26(31)14-10-22/h2-4,6-7,9-11,13-15,18H,5,8,12,16-17,19-21H2,1H3,(H,34,35)/t30-/m1/s1. The second-order valence-corrected chi connectivity index (χ2v) is 10.2. The first-order valence-corrected chi connectivity index (χ1v) is 12.8. The van der Waals surface area contributed by atoms with Crippen LogP contribution in [0.1, 0.15) is 42.0 Å². The van der Waals surface area contributed by atoms with E-state index in [1.807, 2.05) is 54.6 Å². The number of aliphatic carboxylic acids is 1. The minimum absolute atomic E-state index is 0.140. The van der Waals surface area contributed by atoms with Crippen LogP contribution in [-0.2, 0) is 35.3 Å². The summed E-state index contributed by atoms with van der Waals surface area (Å²) >= 11 is 5.93. The van der Waals surface area contributed by atoms with Crippen LogP contribution < -0.4 is 4.74 Å². The van der Waals surface area contributed by atoms with Crippen molar-refractivity contribution in [3.8, 4) is 5.75 Å². The van der Waals surface area contributed by atoms with E-state index in [0.29, 0.717) is 24.4 Å².